The first kappa shape index (κ1) is 17.8. The van der Waals surface area contributed by atoms with Crippen LogP contribution in [0.25, 0.3) is 44.3 Å². The number of aromatic amines is 1. The Morgan fingerprint density at radius 2 is 1.73 bits per heavy atom. The molecule has 0 unspecified atom stereocenters. The van der Waals surface area contributed by atoms with Gasteiger partial charge in [-0.3, -0.25) is 14.6 Å². The van der Waals surface area contributed by atoms with E-state index in [1.165, 1.54) is 6.07 Å². The maximum Gasteiger partial charge on any atom is 0.250 e. The summed E-state index contributed by atoms with van der Waals surface area (Å²) >= 11 is 0. The zero-order valence-electron chi connectivity index (χ0n) is 15.8. The first-order valence-corrected chi connectivity index (χ1v) is 9.38. The van der Waals surface area contributed by atoms with Gasteiger partial charge in [-0.1, -0.05) is 42.5 Å². The van der Waals surface area contributed by atoms with Crippen LogP contribution in [0.15, 0.2) is 83.8 Å². The number of hydrogen-bond acceptors (Lipinski definition) is 4. The molecule has 0 saturated carbocycles. The zero-order valence-corrected chi connectivity index (χ0v) is 15.8. The van der Waals surface area contributed by atoms with Gasteiger partial charge in [-0.15, -0.1) is 0 Å². The van der Waals surface area contributed by atoms with Gasteiger partial charge in [0.2, 0.25) is 11.5 Å². The second kappa shape index (κ2) is 6.93. The van der Waals surface area contributed by atoms with Crippen LogP contribution in [0, 0.1) is 0 Å². The Balaban J connectivity index is 1.88. The van der Waals surface area contributed by atoms with E-state index in [4.69, 9.17) is 10.7 Å². The topological polar surface area (TPSA) is 102 Å². The Hall–Kier alpha value is -4.32. The third-order valence-corrected chi connectivity index (χ3v) is 5.06. The molecule has 6 heteroatoms. The van der Waals surface area contributed by atoms with E-state index in [-0.39, 0.29) is 5.56 Å². The number of carbonyl (C=O) groups is 1. The molecule has 0 aliphatic carbocycles. The number of amides is 1. The third kappa shape index (κ3) is 3.00. The van der Waals surface area contributed by atoms with Crippen molar-refractivity contribution in [2.45, 2.75) is 0 Å². The van der Waals surface area contributed by atoms with Crippen LogP contribution in [0.5, 0.6) is 0 Å². The average Bonchev–Trinajstić information content (AvgIpc) is 2.78. The van der Waals surface area contributed by atoms with Crippen molar-refractivity contribution in [1.29, 1.82) is 0 Å². The molecule has 5 rings (SSSR count). The van der Waals surface area contributed by atoms with Crippen LogP contribution in [-0.4, -0.2) is 20.9 Å². The van der Waals surface area contributed by atoms with Crippen molar-refractivity contribution >= 4 is 27.8 Å². The summed E-state index contributed by atoms with van der Waals surface area (Å²) in [5.41, 5.74) is 9.80. The number of nitrogens with zero attached hydrogens (tertiary/aromatic N) is 2. The Morgan fingerprint density at radius 1 is 0.900 bits per heavy atom. The number of pyridine rings is 3. The quantitative estimate of drug-likeness (QED) is 0.486. The standard InChI is InChI=1S/C24H16N4O2/c25-23(30)18-13-21(29)27-24-19(18)12-17(22(28-24)14-5-2-1-3-6-14)15-8-9-20-16(11-15)7-4-10-26-20/h1-13H,(H2,25,30)(H,27,28,29). The van der Waals surface area contributed by atoms with Gasteiger partial charge in [0, 0.05) is 34.2 Å². The van der Waals surface area contributed by atoms with Crippen molar-refractivity contribution in [3.8, 4) is 22.4 Å². The monoisotopic (exact) mass is 392 g/mol. The molecule has 3 heterocycles. The number of carbonyl (C=O) groups excluding carboxylic acids is 1. The average molecular weight is 392 g/mol. The van der Waals surface area contributed by atoms with Crippen LogP contribution in [0.2, 0.25) is 0 Å². The van der Waals surface area contributed by atoms with Crippen molar-refractivity contribution in [2.75, 3.05) is 0 Å². The Kier molecular flexibility index (Phi) is 4.10. The number of benzene rings is 2. The highest BCUT2D eigenvalue weighted by Crippen LogP contribution is 2.34. The highest BCUT2D eigenvalue weighted by atomic mass is 16.1. The number of primary amides is 1. The number of rotatable bonds is 3. The first-order chi connectivity index (χ1) is 14.6. The molecule has 0 saturated heterocycles. The minimum Gasteiger partial charge on any atom is -0.366 e. The molecule has 0 aliphatic heterocycles. The van der Waals surface area contributed by atoms with Crippen molar-refractivity contribution in [1.82, 2.24) is 15.0 Å². The van der Waals surface area contributed by atoms with Gasteiger partial charge in [-0.2, -0.15) is 0 Å². The summed E-state index contributed by atoms with van der Waals surface area (Å²) in [5, 5.41) is 1.49. The van der Waals surface area contributed by atoms with Crippen molar-refractivity contribution < 1.29 is 4.79 Å². The van der Waals surface area contributed by atoms with Gasteiger partial charge in [0.1, 0.15) is 5.65 Å². The molecule has 0 spiro atoms. The summed E-state index contributed by atoms with van der Waals surface area (Å²) < 4.78 is 0. The fourth-order valence-electron chi connectivity index (χ4n) is 3.66. The lowest BCUT2D eigenvalue weighted by atomic mass is 9.96. The predicted molar refractivity (Wildman–Crippen MR) is 117 cm³/mol. The van der Waals surface area contributed by atoms with Gasteiger partial charge in [-0.25, -0.2) is 4.98 Å². The maximum atomic E-state index is 12.0. The lowest BCUT2D eigenvalue weighted by molar-refractivity contribution is 0.100. The fraction of sp³-hybridized carbons (Fsp3) is 0. The van der Waals surface area contributed by atoms with Gasteiger partial charge >= 0.3 is 0 Å². The van der Waals surface area contributed by atoms with E-state index in [0.717, 1.165) is 27.6 Å². The highest BCUT2D eigenvalue weighted by molar-refractivity contribution is 6.06. The minimum atomic E-state index is -0.672. The van der Waals surface area contributed by atoms with Gasteiger partial charge in [0.15, 0.2) is 0 Å². The van der Waals surface area contributed by atoms with Crippen LogP contribution in [0.3, 0.4) is 0 Å². The normalized spacial score (nSPS) is 11.1. The summed E-state index contributed by atoms with van der Waals surface area (Å²) in [4.78, 5) is 35.8. The summed E-state index contributed by atoms with van der Waals surface area (Å²) in [6.07, 6.45) is 1.75. The van der Waals surface area contributed by atoms with E-state index in [0.29, 0.717) is 16.7 Å². The zero-order chi connectivity index (χ0) is 20.7. The molecule has 30 heavy (non-hydrogen) atoms. The molecule has 0 aliphatic rings. The lowest BCUT2D eigenvalue weighted by Crippen LogP contribution is -2.17. The molecule has 3 N–H and O–H groups in total. The van der Waals surface area contributed by atoms with E-state index in [1.54, 1.807) is 6.20 Å². The lowest BCUT2D eigenvalue weighted by Gasteiger charge is -2.13. The molecule has 144 valence electrons. The van der Waals surface area contributed by atoms with Crippen molar-refractivity contribution in [2.24, 2.45) is 5.73 Å². The van der Waals surface area contributed by atoms with E-state index in [1.807, 2.05) is 66.7 Å². The second-order valence-corrected chi connectivity index (χ2v) is 6.97. The van der Waals surface area contributed by atoms with Crippen LogP contribution in [-0.2, 0) is 0 Å². The van der Waals surface area contributed by atoms with Gasteiger partial charge in [0.25, 0.3) is 0 Å². The molecule has 1 amide bonds. The third-order valence-electron chi connectivity index (χ3n) is 5.06. The smallest absolute Gasteiger partial charge is 0.250 e. The summed E-state index contributed by atoms with van der Waals surface area (Å²) in [7, 11) is 0. The molecule has 0 bridgehead atoms. The van der Waals surface area contributed by atoms with Crippen LogP contribution in [0.4, 0.5) is 0 Å². The minimum absolute atomic E-state index is 0.143. The molecule has 0 fully saturated rings. The Morgan fingerprint density at radius 3 is 2.53 bits per heavy atom. The summed E-state index contributed by atoms with van der Waals surface area (Å²) in [6.45, 7) is 0. The van der Waals surface area contributed by atoms with Gasteiger partial charge < -0.3 is 10.7 Å². The molecule has 5 aromatic rings. The predicted octanol–water partition coefficient (Wildman–Crippen LogP) is 3.90. The second-order valence-electron chi connectivity index (χ2n) is 6.97. The highest BCUT2D eigenvalue weighted by Gasteiger charge is 2.16. The van der Waals surface area contributed by atoms with Crippen molar-refractivity contribution in [3.05, 3.63) is 94.9 Å². The SMILES string of the molecule is NC(=O)c1cc(=O)[nH]c2nc(-c3ccccc3)c(-c3ccc4ncccc4c3)cc12. The Bertz CT molecular complexity index is 1490. The Labute approximate surface area is 171 Å². The van der Waals surface area contributed by atoms with Gasteiger partial charge in [0.05, 0.1) is 16.8 Å². The van der Waals surface area contributed by atoms with E-state index >= 15 is 0 Å². The first-order valence-electron chi connectivity index (χ1n) is 9.38. The van der Waals surface area contributed by atoms with E-state index < -0.39 is 11.5 Å². The van der Waals surface area contributed by atoms with Crippen molar-refractivity contribution in [3.63, 3.8) is 0 Å². The summed E-state index contributed by atoms with van der Waals surface area (Å²) in [5.74, 6) is -0.672. The molecule has 0 atom stereocenters. The number of hydrogen-bond donors (Lipinski definition) is 2. The largest absolute Gasteiger partial charge is 0.366 e. The maximum absolute atomic E-state index is 12.0. The molecule has 3 aromatic heterocycles. The number of H-pyrrole nitrogens is 1. The molecule has 0 radical (unpaired) electrons. The fourth-order valence-corrected chi connectivity index (χ4v) is 3.66. The molecule has 6 nitrogen and oxygen atoms in total. The van der Waals surface area contributed by atoms with E-state index in [9.17, 15) is 9.59 Å². The number of nitrogens with one attached hydrogen (secondary N) is 1. The molecular weight excluding hydrogens is 376 g/mol. The van der Waals surface area contributed by atoms with Crippen LogP contribution in [0.1, 0.15) is 10.4 Å². The van der Waals surface area contributed by atoms with Crippen LogP contribution < -0.4 is 11.3 Å². The molecular formula is C24H16N4O2. The molecule has 2 aromatic carbocycles. The van der Waals surface area contributed by atoms with Crippen LogP contribution >= 0.6 is 0 Å². The van der Waals surface area contributed by atoms with Gasteiger partial charge in [-0.05, 0) is 29.8 Å². The number of fused-ring (bicyclic) bond motifs is 2. The number of aromatic nitrogens is 3. The van der Waals surface area contributed by atoms with E-state index in [2.05, 4.69) is 9.97 Å². The summed E-state index contributed by atoms with van der Waals surface area (Å²) in [6, 6.07) is 22.6. The number of nitrogens with two attached hydrogens (primary N) is 1.